The lowest BCUT2D eigenvalue weighted by atomic mass is 10.0. The molecule has 1 aliphatic heterocycles. The van der Waals surface area contributed by atoms with Crippen molar-refractivity contribution in [3.05, 3.63) is 0 Å². The van der Waals surface area contributed by atoms with E-state index >= 15 is 0 Å². The Morgan fingerprint density at radius 3 is 2.56 bits per heavy atom. The molecule has 0 radical (unpaired) electrons. The first kappa shape index (κ1) is 14.8. The zero-order valence-electron chi connectivity index (χ0n) is 11.7. The van der Waals surface area contributed by atoms with Gasteiger partial charge in [0.2, 0.25) is 5.91 Å². The third-order valence-electron chi connectivity index (χ3n) is 3.45. The van der Waals surface area contributed by atoms with Crippen molar-refractivity contribution >= 4 is 11.9 Å². The summed E-state index contributed by atoms with van der Waals surface area (Å²) in [6, 6.07) is -0.109. The second-order valence-corrected chi connectivity index (χ2v) is 4.92. The van der Waals surface area contributed by atoms with E-state index in [0.717, 1.165) is 19.5 Å². The summed E-state index contributed by atoms with van der Waals surface area (Å²) in [5.41, 5.74) is 0. The van der Waals surface area contributed by atoms with E-state index in [2.05, 4.69) is 12.2 Å². The number of urea groups is 1. The second-order valence-electron chi connectivity index (χ2n) is 4.92. The Kier molecular flexibility index (Phi) is 5.95. The molecule has 1 rings (SSSR count). The number of hydrogen-bond acceptors (Lipinski definition) is 2. The average Bonchev–Trinajstić information content (AvgIpc) is 2.37. The first-order chi connectivity index (χ1) is 8.58. The van der Waals surface area contributed by atoms with Crippen LogP contribution in [-0.2, 0) is 4.79 Å². The molecule has 0 saturated carbocycles. The standard InChI is InChI=1S/C13H25N3O2/c1-4-15(5-2)12(17)9-14-13(18)16-8-6-7-11(3)10-16/h11H,4-10H2,1-3H3,(H,14,18). The Morgan fingerprint density at radius 1 is 1.33 bits per heavy atom. The van der Waals surface area contributed by atoms with Gasteiger partial charge in [0.05, 0.1) is 6.54 Å². The largest absolute Gasteiger partial charge is 0.342 e. The molecular formula is C13H25N3O2. The van der Waals surface area contributed by atoms with E-state index in [9.17, 15) is 9.59 Å². The quantitative estimate of drug-likeness (QED) is 0.823. The minimum Gasteiger partial charge on any atom is -0.342 e. The fourth-order valence-electron chi connectivity index (χ4n) is 2.33. The lowest BCUT2D eigenvalue weighted by molar-refractivity contribution is -0.129. The lowest BCUT2D eigenvalue weighted by Crippen LogP contribution is -2.48. The molecule has 5 nitrogen and oxygen atoms in total. The van der Waals surface area contributed by atoms with Crippen molar-refractivity contribution in [2.45, 2.75) is 33.6 Å². The van der Waals surface area contributed by atoms with Crippen molar-refractivity contribution < 1.29 is 9.59 Å². The Labute approximate surface area is 110 Å². The molecule has 5 heteroatoms. The molecule has 1 heterocycles. The monoisotopic (exact) mass is 255 g/mol. The van der Waals surface area contributed by atoms with Crippen molar-refractivity contribution in [2.24, 2.45) is 5.92 Å². The summed E-state index contributed by atoms with van der Waals surface area (Å²) in [5.74, 6) is 0.543. The normalized spacial score (nSPS) is 19.5. The molecule has 104 valence electrons. The Balaban J connectivity index is 2.34. The second kappa shape index (κ2) is 7.24. The fourth-order valence-corrected chi connectivity index (χ4v) is 2.33. The molecular weight excluding hydrogens is 230 g/mol. The van der Waals surface area contributed by atoms with E-state index in [1.54, 1.807) is 4.90 Å². The van der Waals surface area contributed by atoms with Crippen LogP contribution in [0, 0.1) is 5.92 Å². The lowest BCUT2D eigenvalue weighted by Gasteiger charge is -2.31. The molecule has 1 aliphatic rings. The van der Waals surface area contributed by atoms with Gasteiger partial charge in [0.15, 0.2) is 0 Å². The Morgan fingerprint density at radius 2 is 2.00 bits per heavy atom. The van der Waals surface area contributed by atoms with Crippen LogP contribution in [0.1, 0.15) is 33.6 Å². The van der Waals surface area contributed by atoms with Gasteiger partial charge < -0.3 is 15.1 Å². The molecule has 1 saturated heterocycles. The smallest absolute Gasteiger partial charge is 0.317 e. The SMILES string of the molecule is CCN(CC)C(=O)CNC(=O)N1CCCC(C)C1. The third-order valence-corrected chi connectivity index (χ3v) is 3.45. The molecule has 18 heavy (non-hydrogen) atoms. The molecule has 1 atom stereocenters. The summed E-state index contributed by atoms with van der Waals surface area (Å²) in [6.07, 6.45) is 2.24. The zero-order chi connectivity index (χ0) is 13.5. The van der Waals surface area contributed by atoms with Crippen LogP contribution in [-0.4, -0.2) is 54.5 Å². The molecule has 0 aliphatic carbocycles. The molecule has 0 aromatic rings. The Bertz CT molecular complexity index is 290. The predicted molar refractivity (Wildman–Crippen MR) is 71.3 cm³/mol. The van der Waals surface area contributed by atoms with Crippen LogP contribution in [0.15, 0.2) is 0 Å². The van der Waals surface area contributed by atoms with Crippen LogP contribution in [0.2, 0.25) is 0 Å². The van der Waals surface area contributed by atoms with E-state index in [-0.39, 0.29) is 18.5 Å². The van der Waals surface area contributed by atoms with Crippen LogP contribution in [0.3, 0.4) is 0 Å². The average molecular weight is 255 g/mol. The van der Waals surface area contributed by atoms with Gasteiger partial charge in [-0.1, -0.05) is 6.92 Å². The first-order valence-corrected chi connectivity index (χ1v) is 6.89. The van der Waals surface area contributed by atoms with Gasteiger partial charge in [-0.25, -0.2) is 4.79 Å². The first-order valence-electron chi connectivity index (χ1n) is 6.89. The Hall–Kier alpha value is -1.26. The highest BCUT2D eigenvalue weighted by Crippen LogP contribution is 2.15. The molecule has 0 bridgehead atoms. The van der Waals surface area contributed by atoms with E-state index < -0.39 is 0 Å². The summed E-state index contributed by atoms with van der Waals surface area (Å²) < 4.78 is 0. The minimum atomic E-state index is -0.109. The number of carbonyl (C=O) groups is 2. The molecule has 1 unspecified atom stereocenters. The van der Waals surface area contributed by atoms with Crippen molar-refractivity contribution in [2.75, 3.05) is 32.7 Å². The van der Waals surface area contributed by atoms with Gasteiger partial charge in [0.25, 0.3) is 0 Å². The highest BCUT2D eigenvalue weighted by molar-refractivity contribution is 5.84. The van der Waals surface area contributed by atoms with Crippen LogP contribution < -0.4 is 5.32 Å². The topological polar surface area (TPSA) is 52.7 Å². The van der Waals surface area contributed by atoms with E-state index in [4.69, 9.17) is 0 Å². The number of nitrogens with one attached hydrogen (secondary N) is 1. The fraction of sp³-hybridized carbons (Fsp3) is 0.846. The van der Waals surface area contributed by atoms with Gasteiger partial charge in [-0.3, -0.25) is 4.79 Å². The number of rotatable bonds is 4. The van der Waals surface area contributed by atoms with Gasteiger partial charge in [-0.15, -0.1) is 0 Å². The summed E-state index contributed by atoms with van der Waals surface area (Å²) in [6.45, 7) is 9.11. The van der Waals surface area contributed by atoms with Gasteiger partial charge in [0.1, 0.15) is 0 Å². The molecule has 0 aromatic heterocycles. The molecule has 0 spiro atoms. The molecule has 0 aromatic carbocycles. The van der Waals surface area contributed by atoms with E-state index in [0.29, 0.717) is 19.0 Å². The van der Waals surface area contributed by atoms with Crippen molar-refractivity contribution in [1.82, 2.24) is 15.1 Å². The van der Waals surface area contributed by atoms with Crippen molar-refractivity contribution in [3.63, 3.8) is 0 Å². The number of piperidine rings is 1. The minimum absolute atomic E-state index is 0.0154. The zero-order valence-corrected chi connectivity index (χ0v) is 11.7. The number of hydrogen-bond donors (Lipinski definition) is 1. The molecule has 1 fully saturated rings. The van der Waals surface area contributed by atoms with Gasteiger partial charge >= 0.3 is 6.03 Å². The summed E-state index contributed by atoms with van der Waals surface area (Å²) in [7, 11) is 0. The number of amides is 3. The number of carbonyl (C=O) groups excluding carboxylic acids is 2. The third kappa shape index (κ3) is 4.20. The maximum absolute atomic E-state index is 11.9. The summed E-state index contributed by atoms with van der Waals surface area (Å²) >= 11 is 0. The predicted octanol–water partition coefficient (Wildman–Crippen LogP) is 1.30. The molecule has 3 amide bonds. The van der Waals surface area contributed by atoms with Crippen LogP contribution >= 0.6 is 0 Å². The van der Waals surface area contributed by atoms with Crippen LogP contribution in [0.25, 0.3) is 0 Å². The number of likely N-dealkylation sites (tertiary alicyclic amines) is 1. The van der Waals surface area contributed by atoms with Gasteiger partial charge in [-0.05, 0) is 32.6 Å². The summed E-state index contributed by atoms with van der Waals surface area (Å²) in [4.78, 5) is 27.2. The summed E-state index contributed by atoms with van der Waals surface area (Å²) in [5, 5.41) is 2.72. The van der Waals surface area contributed by atoms with Crippen LogP contribution in [0.5, 0.6) is 0 Å². The van der Waals surface area contributed by atoms with E-state index in [1.165, 1.54) is 6.42 Å². The maximum Gasteiger partial charge on any atom is 0.317 e. The van der Waals surface area contributed by atoms with Gasteiger partial charge in [-0.2, -0.15) is 0 Å². The maximum atomic E-state index is 11.9. The van der Waals surface area contributed by atoms with Crippen LogP contribution in [0.4, 0.5) is 4.79 Å². The highest BCUT2D eigenvalue weighted by Gasteiger charge is 2.21. The highest BCUT2D eigenvalue weighted by atomic mass is 16.2. The number of nitrogens with zero attached hydrogens (tertiary/aromatic N) is 2. The van der Waals surface area contributed by atoms with Gasteiger partial charge in [0, 0.05) is 26.2 Å². The number of likely N-dealkylation sites (N-methyl/N-ethyl adjacent to an activating group) is 1. The van der Waals surface area contributed by atoms with Crippen molar-refractivity contribution in [1.29, 1.82) is 0 Å². The van der Waals surface area contributed by atoms with E-state index in [1.807, 2.05) is 18.7 Å². The molecule has 1 N–H and O–H groups in total. The van der Waals surface area contributed by atoms with Crippen molar-refractivity contribution in [3.8, 4) is 0 Å².